The quantitative estimate of drug-likeness (QED) is 0.395. The van der Waals surface area contributed by atoms with Gasteiger partial charge in [-0.25, -0.2) is 0 Å². The molecule has 142 valence electrons. The van der Waals surface area contributed by atoms with Gasteiger partial charge in [0.25, 0.3) is 0 Å². The SMILES string of the molecule is COCCc1ccc2ccccc2c1-c1c(CCOC)ccc2ccccc12. The van der Waals surface area contributed by atoms with Gasteiger partial charge in [-0.2, -0.15) is 0 Å². The van der Waals surface area contributed by atoms with Crippen LogP contribution in [0.15, 0.2) is 72.8 Å². The van der Waals surface area contributed by atoms with E-state index in [4.69, 9.17) is 9.47 Å². The number of benzene rings is 4. The maximum absolute atomic E-state index is 5.41. The highest BCUT2D eigenvalue weighted by Gasteiger charge is 2.16. The molecule has 0 unspecified atom stereocenters. The molecule has 0 aromatic heterocycles. The minimum atomic E-state index is 0.712. The summed E-state index contributed by atoms with van der Waals surface area (Å²) in [6.07, 6.45) is 1.78. The zero-order chi connectivity index (χ0) is 19.3. The Hall–Kier alpha value is -2.68. The Balaban J connectivity index is 2.07. The molecule has 4 aromatic carbocycles. The fourth-order valence-electron chi connectivity index (χ4n) is 4.06. The molecule has 28 heavy (non-hydrogen) atoms. The summed E-state index contributed by atoms with van der Waals surface area (Å²) in [7, 11) is 3.53. The third-order valence-corrected chi connectivity index (χ3v) is 5.43. The highest BCUT2D eigenvalue weighted by Crippen LogP contribution is 2.39. The van der Waals surface area contributed by atoms with E-state index in [1.807, 2.05) is 0 Å². The Morgan fingerprint density at radius 3 is 1.39 bits per heavy atom. The molecule has 0 spiro atoms. The summed E-state index contributed by atoms with van der Waals surface area (Å²) in [5.74, 6) is 0. The molecule has 0 fully saturated rings. The van der Waals surface area contributed by atoms with Crippen molar-refractivity contribution in [2.75, 3.05) is 27.4 Å². The summed E-state index contributed by atoms with van der Waals surface area (Å²) < 4.78 is 10.8. The van der Waals surface area contributed by atoms with Crippen molar-refractivity contribution in [2.45, 2.75) is 12.8 Å². The maximum atomic E-state index is 5.41. The van der Waals surface area contributed by atoms with Gasteiger partial charge in [0.2, 0.25) is 0 Å². The monoisotopic (exact) mass is 370 g/mol. The van der Waals surface area contributed by atoms with E-state index in [-0.39, 0.29) is 0 Å². The van der Waals surface area contributed by atoms with Crippen LogP contribution in [0.4, 0.5) is 0 Å². The summed E-state index contributed by atoms with van der Waals surface area (Å²) in [6, 6.07) is 26.3. The van der Waals surface area contributed by atoms with Crippen molar-refractivity contribution in [3.63, 3.8) is 0 Å². The summed E-state index contributed by atoms with van der Waals surface area (Å²) in [4.78, 5) is 0. The lowest BCUT2D eigenvalue weighted by atomic mass is 9.85. The van der Waals surface area contributed by atoms with Crippen LogP contribution in [-0.4, -0.2) is 27.4 Å². The molecule has 0 saturated carbocycles. The van der Waals surface area contributed by atoms with Crippen molar-refractivity contribution < 1.29 is 9.47 Å². The molecule has 0 amide bonds. The van der Waals surface area contributed by atoms with Crippen LogP contribution in [0.25, 0.3) is 32.7 Å². The molecule has 0 bridgehead atoms. The fourth-order valence-corrected chi connectivity index (χ4v) is 4.06. The Labute approximate surface area is 166 Å². The number of rotatable bonds is 7. The van der Waals surface area contributed by atoms with Crippen LogP contribution in [0.1, 0.15) is 11.1 Å². The molecule has 2 heteroatoms. The molecule has 4 rings (SSSR count). The largest absolute Gasteiger partial charge is 0.384 e. The molecule has 0 aliphatic rings. The van der Waals surface area contributed by atoms with E-state index in [0.29, 0.717) is 13.2 Å². The fraction of sp³-hybridized carbons (Fsp3) is 0.231. The molecule has 0 aliphatic heterocycles. The molecule has 0 heterocycles. The predicted molar refractivity (Wildman–Crippen MR) is 118 cm³/mol. The molecule has 0 aliphatic carbocycles. The molecular weight excluding hydrogens is 344 g/mol. The van der Waals surface area contributed by atoms with Gasteiger partial charge in [-0.05, 0) is 56.6 Å². The van der Waals surface area contributed by atoms with Crippen molar-refractivity contribution in [1.82, 2.24) is 0 Å². The third kappa shape index (κ3) is 3.54. The van der Waals surface area contributed by atoms with Gasteiger partial charge in [0, 0.05) is 14.2 Å². The molecule has 4 aromatic rings. The van der Waals surface area contributed by atoms with Gasteiger partial charge in [0.1, 0.15) is 0 Å². The van der Waals surface area contributed by atoms with E-state index in [9.17, 15) is 0 Å². The second kappa shape index (κ2) is 8.55. The first-order chi connectivity index (χ1) is 13.8. The number of fused-ring (bicyclic) bond motifs is 2. The van der Waals surface area contributed by atoms with Crippen molar-refractivity contribution in [2.24, 2.45) is 0 Å². The standard InChI is InChI=1S/C26H26O2/c1-27-17-15-21-13-11-19-7-3-5-9-23(19)25(21)26-22(16-18-28-2)14-12-20-8-4-6-10-24(20)26/h3-14H,15-18H2,1-2H3. The lowest BCUT2D eigenvalue weighted by molar-refractivity contribution is 0.202. The van der Waals surface area contributed by atoms with Crippen LogP contribution in [0.3, 0.4) is 0 Å². The summed E-state index contributed by atoms with van der Waals surface area (Å²) in [6.45, 7) is 1.42. The molecule has 0 saturated heterocycles. The van der Waals surface area contributed by atoms with Crippen LogP contribution in [0, 0.1) is 0 Å². The van der Waals surface area contributed by atoms with Crippen LogP contribution in [0.5, 0.6) is 0 Å². The highest BCUT2D eigenvalue weighted by molar-refractivity contribution is 6.07. The van der Waals surface area contributed by atoms with Crippen molar-refractivity contribution in [3.05, 3.63) is 83.9 Å². The van der Waals surface area contributed by atoms with Gasteiger partial charge < -0.3 is 9.47 Å². The lowest BCUT2D eigenvalue weighted by Crippen LogP contribution is -2.02. The number of hydrogen-bond acceptors (Lipinski definition) is 2. The summed E-state index contributed by atoms with van der Waals surface area (Å²) in [5, 5.41) is 5.13. The van der Waals surface area contributed by atoms with Crippen molar-refractivity contribution in [3.8, 4) is 11.1 Å². The van der Waals surface area contributed by atoms with Crippen LogP contribution in [0.2, 0.25) is 0 Å². The first kappa shape index (κ1) is 18.7. The second-order valence-corrected chi connectivity index (χ2v) is 7.13. The van der Waals surface area contributed by atoms with Crippen molar-refractivity contribution in [1.29, 1.82) is 0 Å². The molecule has 2 nitrogen and oxygen atoms in total. The first-order valence-electron chi connectivity index (χ1n) is 9.83. The van der Waals surface area contributed by atoms with Gasteiger partial charge in [-0.1, -0.05) is 72.8 Å². The van der Waals surface area contributed by atoms with Crippen molar-refractivity contribution >= 4 is 21.5 Å². The minimum Gasteiger partial charge on any atom is -0.384 e. The molecular formula is C26H26O2. The zero-order valence-corrected chi connectivity index (χ0v) is 16.6. The molecule has 0 atom stereocenters. The van der Waals surface area contributed by atoms with Crippen LogP contribution >= 0.6 is 0 Å². The van der Waals surface area contributed by atoms with Gasteiger partial charge in [0.15, 0.2) is 0 Å². The average molecular weight is 370 g/mol. The van der Waals surface area contributed by atoms with E-state index in [0.717, 1.165) is 12.8 Å². The topological polar surface area (TPSA) is 18.5 Å². The van der Waals surface area contributed by atoms with E-state index >= 15 is 0 Å². The van der Waals surface area contributed by atoms with Gasteiger partial charge >= 0.3 is 0 Å². The smallest absolute Gasteiger partial charge is 0.0502 e. The molecule has 0 N–H and O–H groups in total. The number of ether oxygens (including phenoxy) is 2. The average Bonchev–Trinajstić information content (AvgIpc) is 2.75. The zero-order valence-electron chi connectivity index (χ0n) is 16.6. The Morgan fingerprint density at radius 1 is 0.536 bits per heavy atom. The Kier molecular flexibility index (Phi) is 5.70. The summed E-state index contributed by atoms with van der Waals surface area (Å²) >= 11 is 0. The highest BCUT2D eigenvalue weighted by atomic mass is 16.5. The minimum absolute atomic E-state index is 0.712. The number of hydrogen-bond donors (Lipinski definition) is 0. The van der Waals surface area contributed by atoms with E-state index < -0.39 is 0 Å². The van der Waals surface area contributed by atoms with Crippen LogP contribution < -0.4 is 0 Å². The first-order valence-corrected chi connectivity index (χ1v) is 9.83. The number of methoxy groups -OCH3 is 2. The van der Waals surface area contributed by atoms with Gasteiger partial charge in [0.05, 0.1) is 13.2 Å². The Morgan fingerprint density at radius 2 is 0.964 bits per heavy atom. The summed E-state index contributed by atoms with van der Waals surface area (Å²) in [5.41, 5.74) is 5.32. The molecule has 0 radical (unpaired) electrons. The maximum Gasteiger partial charge on any atom is 0.0502 e. The van der Waals surface area contributed by atoms with E-state index in [1.165, 1.54) is 43.8 Å². The lowest BCUT2D eigenvalue weighted by Gasteiger charge is -2.19. The second-order valence-electron chi connectivity index (χ2n) is 7.13. The third-order valence-electron chi connectivity index (χ3n) is 5.43. The van der Waals surface area contributed by atoms with Gasteiger partial charge in [-0.15, -0.1) is 0 Å². The normalized spacial score (nSPS) is 11.4. The van der Waals surface area contributed by atoms with E-state index in [1.54, 1.807) is 14.2 Å². The Bertz CT molecular complexity index is 1010. The predicted octanol–water partition coefficient (Wildman–Crippen LogP) is 6.04. The van der Waals surface area contributed by atoms with Crippen LogP contribution in [-0.2, 0) is 22.3 Å². The van der Waals surface area contributed by atoms with Gasteiger partial charge in [-0.3, -0.25) is 0 Å². The van der Waals surface area contributed by atoms with E-state index in [2.05, 4.69) is 72.8 Å².